The molecule has 1 aromatic carbocycles. The molecule has 2 aliphatic heterocycles. The molecule has 1 fully saturated rings. The second-order valence-electron chi connectivity index (χ2n) is 12.1. The van der Waals surface area contributed by atoms with Crippen LogP contribution >= 0.6 is 0 Å². The number of rotatable bonds is 4. The van der Waals surface area contributed by atoms with Gasteiger partial charge in [0.2, 0.25) is 5.78 Å². The maximum atomic E-state index is 14.1. The first-order valence-corrected chi connectivity index (χ1v) is 15.2. The van der Waals surface area contributed by atoms with Gasteiger partial charge in [-0.25, -0.2) is 4.79 Å². The third-order valence-electron chi connectivity index (χ3n) is 9.50. The molecule has 1 aromatic heterocycles. The van der Waals surface area contributed by atoms with Gasteiger partial charge in [0.1, 0.15) is 23.5 Å². The normalized spacial score (nSPS) is 29.5. The number of aromatic hydroxyl groups is 1. The number of H-pyrrole nitrogens is 1. The van der Waals surface area contributed by atoms with Crippen molar-refractivity contribution in [3.63, 3.8) is 0 Å². The number of ether oxygens (including phenoxy) is 4. The third-order valence-corrected chi connectivity index (χ3v) is 9.50. The summed E-state index contributed by atoms with van der Waals surface area (Å²) in [6.07, 6.45) is 8.44. The lowest BCUT2D eigenvalue weighted by Gasteiger charge is -2.48. The van der Waals surface area contributed by atoms with Crippen LogP contribution in [-0.4, -0.2) is 57.5 Å². The quantitative estimate of drug-likeness (QED) is 0.256. The number of allylic oxidation sites excluding steroid dienone is 5. The second-order valence-corrected chi connectivity index (χ2v) is 12.1. The van der Waals surface area contributed by atoms with Crippen LogP contribution in [0.5, 0.6) is 17.2 Å². The lowest BCUT2D eigenvalue weighted by atomic mass is 9.60. The summed E-state index contributed by atoms with van der Waals surface area (Å²) in [4.78, 5) is 70.0. The topological polar surface area (TPSA) is 179 Å². The van der Waals surface area contributed by atoms with Crippen molar-refractivity contribution in [3.05, 3.63) is 86.4 Å². The molecule has 0 saturated heterocycles. The first-order chi connectivity index (χ1) is 22.1. The predicted octanol–water partition coefficient (Wildman–Crippen LogP) is 3.43. The van der Waals surface area contributed by atoms with Crippen molar-refractivity contribution < 1.29 is 48.3 Å². The van der Waals surface area contributed by atoms with Gasteiger partial charge in [-0.15, -0.1) is 0 Å². The Morgan fingerprint density at radius 3 is 2.63 bits per heavy atom. The van der Waals surface area contributed by atoms with Crippen LogP contribution in [-0.2, 0) is 19.9 Å². The van der Waals surface area contributed by atoms with Gasteiger partial charge < -0.3 is 34.1 Å². The molecule has 3 N–H and O–H groups in total. The molecule has 7 rings (SSSR count). The van der Waals surface area contributed by atoms with Crippen LogP contribution in [0.15, 0.2) is 47.3 Å². The molecule has 0 spiro atoms. The van der Waals surface area contributed by atoms with E-state index in [4.69, 9.17) is 18.9 Å². The first kappa shape index (κ1) is 29.9. The monoisotopic (exact) mass is 629 g/mol. The molecular weight excluding hydrogens is 598 g/mol. The highest BCUT2D eigenvalue weighted by Crippen LogP contribution is 2.62. The van der Waals surface area contributed by atoms with Gasteiger partial charge in [0.15, 0.2) is 35.5 Å². The Morgan fingerprint density at radius 2 is 1.85 bits per heavy atom. The van der Waals surface area contributed by atoms with E-state index >= 15 is 0 Å². The summed E-state index contributed by atoms with van der Waals surface area (Å²) in [5.41, 5.74) is -4.49. The third kappa shape index (κ3) is 4.23. The van der Waals surface area contributed by atoms with Crippen molar-refractivity contribution >= 4 is 23.3 Å². The van der Waals surface area contributed by atoms with E-state index < -0.39 is 81.5 Å². The van der Waals surface area contributed by atoms with Gasteiger partial charge in [0.05, 0.1) is 23.5 Å². The zero-order valence-electron chi connectivity index (χ0n) is 25.0. The lowest BCUT2D eigenvalue weighted by Crippen LogP contribution is -2.56. The van der Waals surface area contributed by atoms with Crippen molar-refractivity contribution in [1.82, 2.24) is 4.98 Å². The van der Waals surface area contributed by atoms with Gasteiger partial charge in [0, 0.05) is 28.5 Å². The van der Waals surface area contributed by atoms with Crippen molar-refractivity contribution in [1.29, 1.82) is 0 Å². The number of esters is 1. The summed E-state index contributed by atoms with van der Waals surface area (Å²) in [7, 11) is 0. The number of nitrogens with one attached hydrogen (secondary N) is 1. The number of aliphatic hydroxyl groups is 1. The number of hydrogen-bond donors (Lipinski definition) is 3. The number of ketones is 3. The highest BCUT2D eigenvalue weighted by Gasteiger charge is 2.63. The molecule has 3 aliphatic carbocycles. The van der Waals surface area contributed by atoms with Crippen molar-refractivity contribution in [2.24, 2.45) is 11.8 Å². The fraction of sp³-hybridized carbons (Fsp3) is 0.382. The highest BCUT2D eigenvalue weighted by molar-refractivity contribution is 6.20. The number of carbonyl (C=O) groups is 4. The van der Waals surface area contributed by atoms with E-state index in [9.17, 15) is 34.2 Å². The number of benzene rings is 1. The summed E-state index contributed by atoms with van der Waals surface area (Å²) < 4.78 is 23.7. The number of phenolic OH excluding ortho intramolecular Hbond substituents is 1. The van der Waals surface area contributed by atoms with Gasteiger partial charge in [-0.05, 0) is 45.6 Å². The van der Waals surface area contributed by atoms with Crippen LogP contribution < -0.4 is 15.0 Å². The number of aryl methyl sites for hydroxylation is 1. The average Bonchev–Trinajstić information content (AvgIpc) is 3.02. The molecular formula is C34H31NO11. The molecule has 0 unspecified atom stereocenters. The van der Waals surface area contributed by atoms with Crippen molar-refractivity contribution in [3.8, 4) is 17.2 Å². The summed E-state index contributed by atoms with van der Waals surface area (Å²) in [5.74, 6) is -6.01. The van der Waals surface area contributed by atoms with E-state index in [2.05, 4.69) is 4.98 Å². The Hall–Kier alpha value is -4.81. The van der Waals surface area contributed by atoms with Crippen molar-refractivity contribution in [2.45, 2.75) is 63.4 Å². The Kier molecular flexibility index (Phi) is 7.09. The summed E-state index contributed by atoms with van der Waals surface area (Å²) in [6, 6.07) is 1.38. The molecule has 5 aliphatic rings. The Bertz CT molecular complexity index is 1870. The molecule has 12 nitrogen and oxygen atoms in total. The lowest BCUT2D eigenvalue weighted by molar-refractivity contribution is -0.152. The van der Waals surface area contributed by atoms with E-state index in [1.807, 2.05) is 13.0 Å². The van der Waals surface area contributed by atoms with Crippen LogP contribution in [0.3, 0.4) is 0 Å². The number of pyridine rings is 1. The molecule has 12 heteroatoms. The molecule has 6 atom stereocenters. The fourth-order valence-corrected chi connectivity index (χ4v) is 7.52. The first-order valence-electron chi connectivity index (χ1n) is 15.2. The maximum absolute atomic E-state index is 14.1. The van der Waals surface area contributed by atoms with E-state index in [1.54, 1.807) is 25.2 Å². The van der Waals surface area contributed by atoms with Gasteiger partial charge in [0.25, 0.3) is 5.56 Å². The SMILES string of the molecule is C/C=C/C=C/C=C/C(=O)O[C@@H]1CCC[C@H]2C(=O)c3c(O)c4c5c(c3O[C@H]12)OCO[C@@H]5C[C@@H]1C(=O)c2cc(C)[nH]c(=O)c2C(=O)[C@]41O. The van der Waals surface area contributed by atoms with Crippen LogP contribution in [0.2, 0.25) is 0 Å². The summed E-state index contributed by atoms with van der Waals surface area (Å²) in [5, 5.41) is 24.0. The van der Waals surface area contributed by atoms with Crippen LogP contribution in [0.25, 0.3) is 0 Å². The number of hydrogen-bond acceptors (Lipinski definition) is 11. The predicted molar refractivity (Wildman–Crippen MR) is 159 cm³/mol. The van der Waals surface area contributed by atoms with Crippen molar-refractivity contribution in [2.75, 3.05) is 6.79 Å². The zero-order valence-corrected chi connectivity index (χ0v) is 25.0. The molecule has 1 saturated carbocycles. The van der Waals surface area contributed by atoms with E-state index in [0.717, 1.165) is 0 Å². The Balaban J connectivity index is 1.33. The number of fused-ring (bicyclic) bond motifs is 6. The Labute approximate surface area is 262 Å². The molecule has 0 amide bonds. The van der Waals surface area contributed by atoms with Crippen LogP contribution in [0, 0.1) is 18.8 Å². The number of aromatic amines is 1. The average molecular weight is 630 g/mol. The minimum atomic E-state index is -2.69. The van der Waals surface area contributed by atoms with Gasteiger partial charge in [-0.1, -0.05) is 30.4 Å². The van der Waals surface area contributed by atoms with E-state index in [1.165, 1.54) is 18.2 Å². The van der Waals surface area contributed by atoms with Crippen LogP contribution in [0.4, 0.5) is 0 Å². The number of aromatic nitrogens is 1. The Morgan fingerprint density at radius 1 is 1.07 bits per heavy atom. The minimum absolute atomic E-state index is 0.0220. The van der Waals surface area contributed by atoms with Crippen LogP contribution in [0.1, 0.15) is 86.6 Å². The molecule has 0 bridgehead atoms. The maximum Gasteiger partial charge on any atom is 0.331 e. The molecule has 2 aromatic rings. The largest absolute Gasteiger partial charge is 0.507 e. The molecule has 0 radical (unpaired) electrons. The second kappa shape index (κ2) is 10.9. The zero-order chi connectivity index (χ0) is 32.5. The molecule has 238 valence electrons. The summed E-state index contributed by atoms with van der Waals surface area (Å²) >= 11 is 0. The molecule has 46 heavy (non-hydrogen) atoms. The van der Waals surface area contributed by atoms with Gasteiger partial charge in [-0.2, -0.15) is 0 Å². The number of carbonyl (C=O) groups excluding carboxylic acids is 4. The standard InChI is InChI=1S/C34H31NO11/c1-3-4-5-6-7-11-21(36)45-19-10-8-9-16-27(38)24-28(39)25-23-20(43-14-44-30(23)31(24)46-29(16)19)13-18-26(37)17-12-15(2)35-33(41)22(17)32(40)34(18,25)42/h3-7,11-12,16,18-20,29,39,42H,8-10,13-14H2,1-2H3,(H,35,41)/b4-3+,6-5+,11-7+/t16-,18+,19+,20+,29-,34+/m0/s1. The number of Topliss-reactive ketones (excluding diaryl/α,β-unsaturated/α-hetero) is 3. The fourth-order valence-electron chi connectivity index (χ4n) is 7.52. The summed E-state index contributed by atoms with van der Waals surface area (Å²) in [6.45, 7) is 3.13. The van der Waals surface area contributed by atoms with E-state index in [0.29, 0.717) is 25.0 Å². The smallest absolute Gasteiger partial charge is 0.331 e. The minimum Gasteiger partial charge on any atom is -0.507 e. The molecule has 3 heterocycles. The van der Waals surface area contributed by atoms with Gasteiger partial charge >= 0.3 is 5.97 Å². The highest BCUT2D eigenvalue weighted by atomic mass is 16.7. The number of phenols is 1. The van der Waals surface area contributed by atoms with Gasteiger partial charge in [-0.3, -0.25) is 19.2 Å². The van der Waals surface area contributed by atoms with E-state index in [-0.39, 0.29) is 41.4 Å².